The fraction of sp³-hybridized carbons (Fsp3) is 1.00. The largest absolute Gasteiger partial charge is 0.210 e. The number of rotatable bonds is 1. The van der Waals surface area contributed by atoms with Crippen LogP contribution in [0.25, 0.3) is 0 Å². The molecule has 0 saturated carbocycles. The summed E-state index contributed by atoms with van der Waals surface area (Å²) in [6, 6.07) is 0. The molecule has 0 N–H and O–H groups in total. The molecular formula is CH2BI2. The maximum Gasteiger partial charge on any atom is 0.210 e. The monoisotopic (exact) mass is 279 g/mol. The minimum absolute atomic E-state index is 1.15. The Morgan fingerprint density at radius 2 is 2.00 bits per heavy atom. The van der Waals surface area contributed by atoms with E-state index in [0.717, 1.165) is 4.33 Å². The minimum atomic E-state index is 1.15. The summed E-state index contributed by atoms with van der Waals surface area (Å²) < 4.78 is 1.15. The summed E-state index contributed by atoms with van der Waals surface area (Å²) in [6.07, 6.45) is 0. The molecular weight excluding hydrogens is 277 g/mol. The van der Waals surface area contributed by atoms with Gasteiger partial charge in [0.15, 0.2) is 0 Å². The highest BCUT2D eigenvalue weighted by Crippen LogP contribution is 1.80. The van der Waals surface area contributed by atoms with Crippen LogP contribution in [-0.2, 0) is 0 Å². The molecule has 0 saturated heterocycles. The van der Waals surface area contributed by atoms with E-state index in [2.05, 4.69) is 50.1 Å². The van der Waals surface area contributed by atoms with Gasteiger partial charge in [-0.1, -0.05) is 22.6 Å². The number of halogens is 2. The summed E-state index contributed by atoms with van der Waals surface area (Å²) in [5.41, 5.74) is 0. The summed E-state index contributed by atoms with van der Waals surface area (Å²) in [7, 11) is 0. The van der Waals surface area contributed by atoms with Gasteiger partial charge < -0.3 is 0 Å². The third-order valence-corrected chi connectivity index (χ3v) is 2.62. The molecule has 0 atom stereocenters. The standard InChI is InChI=1S/CH2BI2/c3-1-2-4/h1H2. The van der Waals surface area contributed by atoms with Crippen LogP contribution in [-0.4, -0.2) is 9.46 Å². The molecule has 0 bridgehead atoms. The van der Waals surface area contributed by atoms with Gasteiger partial charge in [0, 0.05) is 0 Å². The Hall–Kier alpha value is 1.52. The number of hydrogen-bond acceptors (Lipinski definition) is 0. The van der Waals surface area contributed by atoms with Crippen LogP contribution in [0.2, 0.25) is 0 Å². The highest BCUT2D eigenvalue weighted by atomic mass is 127. The average Bonchev–Trinajstić information content (AvgIpc) is 1.37. The van der Waals surface area contributed by atoms with E-state index >= 15 is 0 Å². The molecule has 23 valence electrons. The van der Waals surface area contributed by atoms with Crippen molar-refractivity contribution in [1.29, 1.82) is 0 Å². The van der Waals surface area contributed by atoms with Gasteiger partial charge in [0.1, 0.15) is 0 Å². The Labute approximate surface area is 54.0 Å². The predicted octanol–water partition coefficient (Wildman–Crippen LogP) is 1.43. The number of hydrogen-bond donors (Lipinski definition) is 0. The summed E-state index contributed by atoms with van der Waals surface area (Å²) in [6.45, 7) is 0. The van der Waals surface area contributed by atoms with E-state index in [1.165, 1.54) is 0 Å². The van der Waals surface area contributed by atoms with Crippen LogP contribution in [0.5, 0.6) is 0 Å². The van der Waals surface area contributed by atoms with E-state index in [1.54, 1.807) is 0 Å². The lowest BCUT2D eigenvalue weighted by atomic mass is 10.2. The lowest BCUT2D eigenvalue weighted by Gasteiger charge is -1.59. The van der Waals surface area contributed by atoms with Crippen LogP contribution in [0.1, 0.15) is 0 Å². The molecule has 0 rings (SSSR count). The molecule has 0 aromatic carbocycles. The first-order valence-electron chi connectivity index (χ1n) is 0.894. The quantitative estimate of drug-likeness (QED) is 0.387. The van der Waals surface area contributed by atoms with Crippen LogP contribution >= 0.6 is 45.0 Å². The minimum Gasteiger partial charge on any atom is -0.158 e. The van der Waals surface area contributed by atoms with E-state index in [1.807, 2.05) is 0 Å². The van der Waals surface area contributed by atoms with Gasteiger partial charge in [0.05, 0.1) is 0 Å². The number of alkyl halides is 1. The van der Waals surface area contributed by atoms with Crippen molar-refractivity contribution >= 4 is 50.1 Å². The zero-order valence-corrected chi connectivity index (χ0v) is 6.36. The van der Waals surface area contributed by atoms with Gasteiger partial charge in [-0.3, -0.25) is 0 Å². The summed E-state index contributed by atoms with van der Waals surface area (Å²) in [4.78, 5) is 0. The van der Waals surface area contributed by atoms with Gasteiger partial charge in [-0.2, -0.15) is 22.4 Å². The second-order valence-electron chi connectivity index (χ2n) is 0.309. The summed E-state index contributed by atoms with van der Waals surface area (Å²) >= 11 is 4.51. The molecule has 1 radical (unpaired) electrons. The molecule has 0 spiro atoms. The highest BCUT2D eigenvalue weighted by molar-refractivity contribution is 14.1. The molecule has 0 aliphatic rings. The summed E-state index contributed by atoms with van der Waals surface area (Å²) in [5.74, 6) is 0. The van der Waals surface area contributed by atoms with Crippen molar-refractivity contribution < 1.29 is 0 Å². The second kappa shape index (κ2) is 4.52. The van der Waals surface area contributed by atoms with Crippen LogP contribution in [0.4, 0.5) is 0 Å². The molecule has 0 heterocycles. The zero-order chi connectivity index (χ0) is 3.41. The van der Waals surface area contributed by atoms with Crippen molar-refractivity contribution in [2.75, 3.05) is 4.33 Å². The van der Waals surface area contributed by atoms with Gasteiger partial charge in [0.2, 0.25) is 5.14 Å². The van der Waals surface area contributed by atoms with Gasteiger partial charge >= 0.3 is 0 Å². The van der Waals surface area contributed by atoms with Gasteiger partial charge in [-0.15, -0.1) is 0 Å². The normalized spacial score (nSPS) is 6.50. The highest BCUT2D eigenvalue weighted by Gasteiger charge is 1.66. The van der Waals surface area contributed by atoms with E-state index in [9.17, 15) is 0 Å². The van der Waals surface area contributed by atoms with Crippen LogP contribution < -0.4 is 0 Å². The first-order chi connectivity index (χ1) is 1.91. The zero-order valence-electron chi connectivity index (χ0n) is 2.04. The van der Waals surface area contributed by atoms with Crippen LogP contribution in [0, 0.1) is 0 Å². The first-order valence-corrected chi connectivity index (χ1v) is 3.66. The lowest BCUT2D eigenvalue weighted by Crippen LogP contribution is -1.68. The first kappa shape index (κ1) is 5.52. The van der Waals surface area contributed by atoms with Gasteiger partial charge in [0.25, 0.3) is 0 Å². The van der Waals surface area contributed by atoms with E-state index in [0.29, 0.717) is 0 Å². The van der Waals surface area contributed by atoms with Crippen molar-refractivity contribution in [3.8, 4) is 0 Å². The summed E-state index contributed by atoms with van der Waals surface area (Å²) in [5, 5.41) is 2.08. The maximum atomic E-state index is 2.29. The third-order valence-electron chi connectivity index (χ3n) is 0.0583. The average molecular weight is 279 g/mol. The van der Waals surface area contributed by atoms with E-state index < -0.39 is 0 Å². The molecule has 4 heavy (non-hydrogen) atoms. The smallest absolute Gasteiger partial charge is 0.158 e. The molecule has 0 aromatic heterocycles. The lowest BCUT2D eigenvalue weighted by molar-refractivity contribution is 2.36. The topological polar surface area (TPSA) is 0 Å². The van der Waals surface area contributed by atoms with Crippen molar-refractivity contribution in [2.24, 2.45) is 0 Å². The fourth-order valence-electron chi connectivity index (χ4n) is 0. The van der Waals surface area contributed by atoms with Crippen LogP contribution in [0.3, 0.4) is 0 Å². The molecule has 0 fully saturated rings. The Balaban J connectivity index is 1.97. The molecule has 0 amide bonds. The maximum absolute atomic E-state index is 2.29. The third kappa shape index (κ3) is 3.52. The van der Waals surface area contributed by atoms with Crippen molar-refractivity contribution in [3.05, 3.63) is 0 Å². The Morgan fingerprint density at radius 3 is 2.00 bits per heavy atom. The SMILES string of the molecule is I[B]CI. The second-order valence-corrected chi connectivity index (χ2v) is 2.07. The molecule has 0 nitrogen and oxygen atoms in total. The Bertz CT molecular complexity index is 8.00. The molecule has 0 aromatic rings. The van der Waals surface area contributed by atoms with E-state index in [4.69, 9.17) is 0 Å². The van der Waals surface area contributed by atoms with Crippen LogP contribution in [0.15, 0.2) is 0 Å². The Kier molecular flexibility index (Phi) is 6.25. The fourth-order valence-corrected chi connectivity index (χ4v) is 0. The Morgan fingerprint density at radius 1 is 1.75 bits per heavy atom. The van der Waals surface area contributed by atoms with E-state index in [-0.39, 0.29) is 0 Å². The molecule has 0 aliphatic heterocycles. The van der Waals surface area contributed by atoms with Gasteiger partial charge in [-0.05, 0) is 4.33 Å². The molecule has 0 unspecified atom stereocenters. The van der Waals surface area contributed by atoms with Crippen molar-refractivity contribution in [1.82, 2.24) is 0 Å². The van der Waals surface area contributed by atoms with Crippen molar-refractivity contribution in [2.45, 2.75) is 0 Å². The van der Waals surface area contributed by atoms with Gasteiger partial charge in [-0.25, -0.2) is 0 Å². The molecule has 3 heteroatoms. The predicted molar refractivity (Wildman–Crippen MR) is 38.7 cm³/mol. The van der Waals surface area contributed by atoms with Crippen molar-refractivity contribution in [3.63, 3.8) is 0 Å². The molecule has 0 aliphatic carbocycles.